The maximum Gasteiger partial charge on any atom is 0.325 e. The van der Waals surface area contributed by atoms with E-state index in [4.69, 9.17) is 14.2 Å². The number of β-amino-alcohol motifs (C(OH)–C–C–N with tert-alkyl or cyclic N) is 1. The van der Waals surface area contributed by atoms with Crippen molar-refractivity contribution in [3.05, 3.63) is 53.1 Å². The Morgan fingerprint density at radius 3 is 2.53 bits per heavy atom. The number of hydrogen-bond donors (Lipinski definition) is 2. The van der Waals surface area contributed by atoms with Gasteiger partial charge in [-0.15, -0.1) is 0 Å². The van der Waals surface area contributed by atoms with E-state index in [1.807, 2.05) is 32.0 Å². The predicted octanol–water partition coefficient (Wildman–Crippen LogP) is 2.67. The molecule has 4 rings (SSSR count). The van der Waals surface area contributed by atoms with Gasteiger partial charge in [0, 0.05) is 6.42 Å². The minimum Gasteiger partial charge on any atom is -0.490 e. The van der Waals surface area contributed by atoms with Crippen LogP contribution < -0.4 is 19.5 Å². The van der Waals surface area contributed by atoms with Gasteiger partial charge in [-0.2, -0.15) is 0 Å². The van der Waals surface area contributed by atoms with Crippen LogP contribution in [0.1, 0.15) is 30.0 Å². The zero-order valence-corrected chi connectivity index (χ0v) is 18.5. The molecular weight excluding hydrogens is 412 g/mol. The van der Waals surface area contributed by atoms with E-state index in [0.29, 0.717) is 36.0 Å². The van der Waals surface area contributed by atoms with Crippen molar-refractivity contribution >= 4 is 11.9 Å². The van der Waals surface area contributed by atoms with Crippen LogP contribution in [-0.4, -0.2) is 54.4 Å². The smallest absolute Gasteiger partial charge is 0.325 e. The highest BCUT2D eigenvalue weighted by atomic mass is 16.5. The fraction of sp³-hybridized carbons (Fsp3) is 0.417. The van der Waals surface area contributed by atoms with Crippen LogP contribution in [0.15, 0.2) is 36.4 Å². The number of aliphatic hydroxyl groups excluding tert-OH is 1. The second-order valence-corrected chi connectivity index (χ2v) is 8.37. The molecule has 170 valence electrons. The van der Waals surface area contributed by atoms with Gasteiger partial charge in [-0.05, 0) is 49.6 Å². The molecule has 1 saturated heterocycles. The summed E-state index contributed by atoms with van der Waals surface area (Å²) in [4.78, 5) is 26.9. The van der Waals surface area contributed by atoms with E-state index in [1.165, 1.54) is 0 Å². The zero-order chi connectivity index (χ0) is 22.9. The quantitative estimate of drug-likeness (QED) is 0.671. The molecule has 2 aromatic rings. The Labute approximate surface area is 187 Å². The molecule has 3 amide bonds. The van der Waals surface area contributed by atoms with Crippen molar-refractivity contribution in [3.63, 3.8) is 0 Å². The number of nitrogens with zero attached hydrogens (tertiary/aromatic N) is 1. The number of aliphatic hydroxyl groups is 1. The van der Waals surface area contributed by atoms with Crippen LogP contribution in [0, 0.1) is 13.8 Å². The predicted molar refractivity (Wildman–Crippen MR) is 117 cm³/mol. The lowest BCUT2D eigenvalue weighted by atomic mass is 9.91. The van der Waals surface area contributed by atoms with E-state index in [9.17, 15) is 14.7 Å². The highest BCUT2D eigenvalue weighted by molar-refractivity contribution is 6.07. The minimum absolute atomic E-state index is 0.0382. The number of para-hydroxylation sites is 1. The van der Waals surface area contributed by atoms with E-state index in [2.05, 4.69) is 5.32 Å². The van der Waals surface area contributed by atoms with Gasteiger partial charge in [0.1, 0.15) is 24.0 Å². The van der Waals surface area contributed by atoms with E-state index < -0.39 is 23.6 Å². The number of ether oxygens (including phenoxy) is 3. The molecule has 2 atom stereocenters. The molecule has 0 spiro atoms. The SMILES string of the molecule is Cc1cccc(C)c1OC[C@@H](O)CN1C(=O)N[C@@](C)(c2ccc3c(c2)OCCCO3)C1=O. The van der Waals surface area contributed by atoms with Gasteiger partial charge in [0.05, 0.1) is 19.8 Å². The lowest BCUT2D eigenvalue weighted by molar-refractivity contribution is -0.132. The Bertz CT molecular complexity index is 1020. The van der Waals surface area contributed by atoms with E-state index >= 15 is 0 Å². The summed E-state index contributed by atoms with van der Waals surface area (Å²) in [5, 5.41) is 13.2. The van der Waals surface area contributed by atoms with Crippen LogP contribution in [0.4, 0.5) is 4.79 Å². The topological polar surface area (TPSA) is 97.3 Å². The number of imide groups is 1. The third-order valence-corrected chi connectivity index (χ3v) is 5.82. The molecule has 2 N–H and O–H groups in total. The largest absolute Gasteiger partial charge is 0.490 e. The average Bonchev–Trinajstić information content (AvgIpc) is 2.92. The van der Waals surface area contributed by atoms with Gasteiger partial charge in [0.2, 0.25) is 0 Å². The van der Waals surface area contributed by atoms with Crippen molar-refractivity contribution in [2.24, 2.45) is 0 Å². The van der Waals surface area contributed by atoms with Crippen molar-refractivity contribution < 1.29 is 28.9 Å². The van der Waals surface area contributed by atoms with Crippen molar-refractivity contribution in [2.75, 3.05) is 26.4 Å². The number of fused-ring (bicyclic) bond motifs is 1. The first-order valence-corrected chi connectivity index (χ1v) is 10.7. The molecule has 0 saturated carbocycles. The molecule has 2 aliphatic heterocycles. The highest BCUT2D eigenvalue weighted by Crippen LogP contribution is 2.36. The summed E-state index contributed by atoms with van der Waals surface area (Å²) in [6.07, 6.45) is -0.262. The van der Waals surface area contributed by atoms with Crippen molar-refractivity contribution in [1.29, 1.82) is 0 Å². The first-order valence-electron chi connectivity index (χ1n) is 10.7. The molecular formula is C24H28N2O6. The molecule has 0 radical (unpaired) electrons. The van der Waals surface area contributed by atoms with Gasteiger partial charge in [0.15, 0.2) is 11.5 Å². The normalized spacial score (nSPS) is 21.2. The molecule has 2 aliphatic rings. The fourth-order valence-corrected chi connectivity index (χ4v) is 4.00. The standard InChI is InChI=1S/C24H28N2O6/c1-15-6-4-7-16(2)21(15)32-14-18(27)13-26-22(28)24(3,25-23(26)29)17-8-9-19-20(12-17)31-11-5-10-30-19/h4,6-9,12,18,27H,5,10-11,13-14H2,1-3H3,(H,25,29)/t18-,24-/m0/s1. The zero-order valence-electron chi connectivity index (χ0n) is 18.5. The summed E-state index contributed by atoms with van der Waals surface area (Å²) in [5.41, 5.74) is 1.22. The van der Waals surface area contributed by atoms with Crippen LogP contribution in [0.5, 0.6) is 17.2 Å². The van der Waals surface area contributed by atoms with Crippen molar-refractivity contribution in [2.45, 2.75) is 38.8 Å². The van der Waals surface area contributed by atoms with Gasteiger partial charge in [0.25, 0.3) is 5.91 Å². The molecule has 2 heterocycles. The lowest BCUT2D eigenvalue weighted by Crippen LogP contribution is -2.42. The van der Waals surface area contributed by atoms with Gasteiger partial charge in [-0.3, -0.25) is 9.69 Å². The third-order valence-electron chi connectivity index (χ3n) is 5.82. The Hall–Kier alpha value is -3.26. The number of carbonyl (C=O) groups is 2. The second-order valence-electron chi connectivity index (χ2n) is 8.37. The van der Waals surface area contributed by atoms with Crippen LogP contribution in [0.2, 0.25) is 0 Å². The highest BCUT2D eigenvalue weighted by Gasteiger charge is 2.49. The maximum absolute atomic E-state index is 13.2. The van der Waals surface area contributed by atoms with Gasteiger partial charge in [-0.1, -0.05) is 24.3 Å². The molecule has 0 aliphatic carbocycles. The molecule has 0 bridgehead atoms. The van der Waals surface area contributed by atoms with Crippen molar-refractivity contribution in [3.8, 4) is 17.2 Å². The monoisotopic (exact) mass is 440 g/mol. The molecule has 2 aromatic carbocycles. The molecule has 32 heavy (non-hydrogen) atoms. The van der Waals surface area contributed by atoms with Crippen LogP contribution in [0.25, 0.3) is 0 Å². The molecule has 1 fully saturated rings. The van der Waals surface area contributed by atoms with E-state index in [1.54, 1.807) is 25.1 Å². The van der Waals surface area contributed by atoms with Crippen molar-refractivity contribution in [1.82, 2.24) is 10.2 Å². The molecule has 0 unspecified atom stereocenters. The second kappa shape index (κ2) is 8.70. The number of aryl methyl sites for hydroxylation is 2. The summed E-state index contributed by atoms with van der Waals surface area (Å²) < 4.78 is 17.1. The summed E-state index contributed by atoms with van der Waals surface area (Å²) in [5.74, 6) is 1.41. The van der Waals surface area contributed by atoms with Gasteiger partial charge < -0.3 is 24.6 Å². The number of rotatable bonds is 6. The number of benzene rings is 2. The van der Waals surface area contributed by atoms with E-state index in [0.717, 1.165) is 22.4 Å². The summed E-state index contributed by atoms with van der Waals surface area (Å²) >= 11 is 0. The average molecular weight is 440 g/mol. The fourth-order valence-electron chi connectivity index (χ4n) is 4.00. The molecule has 8 heteroatoms. The lowest BCUT2D eigenvalue weighted by Gasteiger charge is -2.24. The first-order chi connectivity index (χ1) is 15.3. The van der Waals surface area contributed by atoms with Crippen LogP contribution in [-0.2, 0) is 10.3 Å². The number of urea groups is 1. The van der Waals surface area contributed by atoms with Gasteiger partial charge >= 0.3 is 6.03 Å². The van der Waals surface area contributed by atoms with E-state index in [-0.39, 0.29) is 13.2 Å². The number of carbonyl (C=O) groups excluding carboxylic acids is 2. The number of amides is 3. The van der Waals surface area contributed by atoms with Gasteiger partial charge in [-0.25, -0.2) is 4.79 Å². The first kappa shape index (κ1) is 22.0. The number of hydrogen-bond acceptors (Lipinski definition) is 6. The molecule has 0 aromatic heterocycles. The Balaban J connectivity index is 1.46. The Morgan fingerprint density at radius 1 is 1.12 bits per heavy atom. The maximum atomic E-state index is 13.2. The summed E-state index contributed by atoms with van der Waals surface area (Å²) in [6.45, 7) is 6.37. The molecule has 8 nitrogen and oxygen atoms in total. The minimum atomic E-state index is -1.27. The van der Waals surface area contributed by atoms with Crippen LogP contribution >= 0.6 is 0 Å². The Morgan fingerprint density at radius 2 is 1.81 bits per heavy atom. The summed E-state index contributed by atoms with van der Waals surface area (Å²) in [7, 11) is 0. The van der Waals surface area contributed by atoms with Crippen LogP contribution in [0.3, 0.4) is 0 Å². The third kappa shape index (κ3) is 4.10. The number of nitrogens with one attached hydrogen (secondary N) is 1. The summed E-state index contributed by atoms with van der Waals surface area (Å²) in [6, 6.07) is 10.4. The Kier molecular flexibility index (Phi) is 5.97.